The van der Waals surface area contributed by atoms with Gasteiger partial charge in [0.2, 0.25) is 0 Å². The summed E-state index contributed by atoms with van der Waals surface area (Å²) in [5.74, 6) is -1.48. The number of nitrogens with zero attached hydrogens (tertiary/aromatic N) is 2. The summed E-state index contributed by atoms with van der Waals surface area (Å²) in [5.41, 5.74) is -0.971. The van der Waals surface area contributed by atoms with Crippen LogP contribution in [-0.4, -0.2) is 34.4 Å². The van der Waals surface area contributed by atoms with Crippen LogP contribution >= 0.6 is 11.6 Å². The smallest absolute Gasteiger partial charge is 0.434 e. The van der Waals surface area contributed by atoms with Crippen LogP contribution in [0.4, 0.5) is 22.4 Å². The van der Waals surface area contributed by atoms with Gasteiger partial charge in [-0.3, -0.25) is 9.48 Å². The Morgan fingerprint density at radius 3 is 2.68 bits per heavy atom. The van der Waals surface area contributed by atoms with E-state index in [9.17, 15) is 27.2 Å². The topological polar surface area (TPSA) is 85.3 Å². The molecule has 1 aliphatic heterocycles. The first-order valence-electron chi connectivity index (χ1n) is 7.87. The standard InChI is InChI=1S/C16H13ClF4N4O3/c1-25-10(5-12(24-25)16(19,20)21)13(7-2-3-9(18)8(17)4-7)23-14(26)11-6-22-15(27)28-11/h2-5,11,13H,6H2,1H3,(H,22,27)(H,23,26)/t11-,13-/m0/s1. The molecule has 0 aliphatic carbocycles. The maximum atomic E-state index is 13.5. The van der Waals surface area contributed by atoms with E-state index in [0.717, 1.165) is 16.8 Å². The average molecular weight is 421 g/mol. The van der Waals surface area contributed by atoms with Gasteiger partial charge in [-0.2, -0.15) is 18.3 Å². The van der Waals surface area contributed by atoms with Crippen LogP contribution < -0.4 is 10.6 Å². The van der Waals surface area contributed by atoms with Crippen molar-refractivity contribution in [1.29, 1.82) is 0 Å². The van der Waals surface area contributed by atoms with E-state index in [1.165, 1.54) is 19.2 Å². The number of carbonyl (C=O) groups excluding carboxylic acids is 2. The third-order valence-electron chi connectivity index (χ3n) is 4.04. The summed E-state index contributed by atoms with van der Waals surface area (Å²) >= 11 is 5.78. The van der Waals surface area contributed by atoms with E-state index in [2.05, 4.69) is 15.7 Å². The highest BCUT2D eigenvalue weighted by atomic mass is 35.5. The third-order valence-corrected chi connectivity index (χ3v) is 4.33. The predicted octanol–water partition coefficient (Wildman–Crippen LogP) is 2.55. The first kappa shape index (κ1) is 19.9. The molecule has 28 heavy (non-hydrogen) atoms. The highest BCUT2D eigenvalue weighted by Crippen LogP contribution is 2.32. The second-order valence-electron chi connectivity index (χ2n) is 5.97. The van der Waals surface area contributed by atoms with E-state index < -0.39 is 41.8 Å². The molecule has 150 valence electrons. The van der Waals surface area contributed by atoms with Crippen molar-refractivity contribution in [3.63, 3.8) is 0 Å². The van der Waals surface area contributed by atoms with Crippen molar-refractivity contribution >= 4 is 23.6 Å². The van der Waals surface area contributed by atoms with Crippen molar-refractivity contribution in [3.05, 3.63) is 52.1 Å². The summed E-state index contributed by atoms with van der Waals surface area (Å²) in [6, 6.07) is 3.08. The minimum atomic E-state index is -4.70. The molecule has 1 aliphatic rings. The third kappa shape index (κ3) is 4.03. The first-order chi connectivity index (χ1) is 13.1. The molecule has 1 saturated heterocycles. The Labute approximate surface area is 160 Å². The van der Waals surface area contributed by atoms with Gasteiger partial charge < -0.3 is 15.4 Å². The second kappa shape index (κ2) is 7.30. The molecule has 2 amide bonds. The van der Waals surface area contributed by atoms with Crippen molar-refractivity contribution < 1.29 is 31.9 Å². The SMILES string of the molecule is Cn1nc(C(F)(F)F)cc1[C@@H](NC(=O)[C@@H]1CNC(=O)O1)c1ccc(F)c(Cl)c1. The summed E-state index contributed by atoms with van der Waals surface area (Å²) in [7, 11) is 1.27. The zero-order valence-corrected chi connectivity index (χ0v) is 14.9. The van der Waals surface area contributed by atoms with Crippen LogP contribution in [0.25, 0.3) is 0 Å². The van der Waals surface area contributed by atoms with E-state index in [4.69, 9.17) is 16.3 Å². The molecule has 2 atom stereocenters. The zero-order chi connectivity index (χ0) is 20.6. The highest BCUT2D eigenvalue weighted by Gasteiger charge is 2.37. The average Bonchev–Trinajstić information content (AvgIpc) is 3.21. The van der Waals surface area contributed by atoms with Gasteiger partial charge in [0, 0.05) is 7.05 Å². The summed E-state index contributed by atoms with van der Waals surface area (Å²) in [6.45, 7) is -0.0965. The van der Waals surface area contributed by atoms with Crippen LogP contribution in [-0.2, 0) is 22.8 Å². The van der Waals surface area contributed by atoms with Gasteiger partial charge in [0.1, 0.15) is 5.82 Å². The van der Waals surface area contributed by atoms with Gasteiger partial charge in [0.15, 0.2) is 11.8 Å². The lowest BCUT2D eigenvalue weighted by Gasteiger charge is -2.21. The first-order valence-corrected chi connectivity index (χ1v) is 8.25. The molecule has 2 heterocycles. The Morgan fingerprint density at radius 2 is 2.14 bits per heavy atom. The summed E-state index contributed by atoms with van der Waals surface area (Å²) in [6.07, 6.45) is -6.65. The molecule has 0 spiro atoms. The lowest BCUT2D eigenvalue weighted by atomic mass is 10.0. The van der Waals surface area contributed by atoms with Gasteiger partial charge in [-0.25, -0.2) is 9.18 Å². The summed E-state index contributed by atoms with van der Waals surface area (Å²) in [5, 5.41) is 7.94. The van der Waals surface area contributed by atoms with E-state index in [-0.39, 0.29) is 22.8 Å². The Hall–Kier alpha value is -2.82. The number of cyclic esters (lactones) is 1. The van der Waals surface area contributed by atoms with E-state index >= 15 is 0 Å². The van der Waals surface area contributed by atoms with Gasteiger partial charge in [0.25, 0.3) is 5.91 Å². The molecule has 2 aromatic rings. The van der Waals surface area contributed by atoms with Gasteiger partial charge in [0.05, 0.1) is 23.3 Å². The Balaban J connectivity index is 1.99. The molecule has 0 saturated carbocycles. The predicted molar refractivity (Wildman–Crippen MR) is 87.9 cm³/mol. The molecule has 1 fully saturated rings. The van der Waals surface area contributed by atoms with Crippen LogP contribution in [0.3, 0.4) is 0 Å². The minimum Gasteiger partial charge on any atom is -0.434 e. The van der Waals surface area contributed by atoms with Crippen molar-refractivity contribution in [3.8, 4) is 0 Å². The highest BCUT2D eigenvalue weighted by molar-refractivity contribution is 6.30. The van der Waals surface area contributed by atoms with Gasteiger partial charge in [-0.15, -0.1) is 0 Å². The number of carbonyl (C=O) groups is 2. The van der Waals surface area contributed by atoms with Gasteiger partial charge >= 0.3 is 12.3 Å². The largest absolute Gasteiger partial charge is 0.435 e. The number of alkyl halides is 3. The van der Waals surface area contributed by atoms with E-state index in [0.29, 0.717) is 0 Å². The minimum absolute atomic E-state index is 0.0272. The number of hydrogen-bond donors (Lipinski definition) is 2. The molecule has 0 bridgehead atoms. The molecule has 2 N–H and O–H groups in total. The molecule has 3 rings (SSSR count). The Morgan fingerprint density at radius 1 is 1.43 bits per heavy atom. The van der Waals surface area contributed by atoms with Crippen molar-refractivity contribution in [2.75, 3.05) is 6.54 Å². The lowest BCUT2D eigenvalue weighted by Crippen LogP contribution is -2.40. The van der Waals surface area contributed by atoms with Gasteiger partial charge in [-0.05, 0) is 23.8 Å². The van der Waals surface area contributed by atoms with Crippen molar-refractivity contribution in [2.24, 2.45) is 7.05 Å². The fourth-order valence-electron chi connectivity index (χ4n) is 2.68. The number of aryl methyl sites for hydroxylation is 1. The number of alkyl carbamates (subject to hydrolysis) is 1. The number of nitrogens with one attached hydrogen (secondary N) is 2. The Bertz CT molecular complexity index is 931. The fourth-order valence-corrected chi connectivity index (χ4v) is 2.87. The second-order valence-corrected chi connectivity index (χ2v) is 6.37. The normalized spacial score (nSPS) is 17.8. The molecule has 0 radical (unpaired) electrons. The Kier molecular flexibility index (Phi) is 5.20. The molecule has 1 aromatic carbocycles. The number of amides is 2. The molecular formula is C16H13ClF4N4O3. The van der Waals surface area contributed by atoms with Crippen molar-refractivity contribution in [1.82, 2.24) is 20.4 Å². The quantitative estimate of drug-likeness (QED) is 0.744. The summed E-state index contributed by atoms with van der Waals surface area (Å²) < 4.78 is 58.3. The molecular weight excluding hydrogens is 408 g/mol. The maximum absolute atomic E-state index is 13.5. The fraction of sp³-hybridized carbons (Fsp3) is 0.312. The zero-order valence-electron chi connectivity index (χ0n) is 14.2. The number of halogens is 5. The van der Waals surface area contributed by atoms with Crippen LogP contribution in [0.15, 0.2) is 24.3 Å². The molecule has 1 aromatic heterocycles. The van der Waals surface area contributed by atoms with E-state index in [1.807, 2.05) is 0 Å². The van der Waals surface area contributed by atoms with Crippen LogP contribution in [0, 0.1) is 5.82 Å². The molecule has 12 heteroatoms. The number of aromatic nitrogens is 2. The van der Waals surface area contributed by atoms with E-state index in [1.54, 1.807) is 0 Å². The van der Waals surface area contributed by atoms with Crippen LogP contribution in [0.5, 0.6) is 0 Å². The van der Waals surface area contributed by atoms with Gasteiger partial charge in [-0.1, -0.05) is 17.7 Å². The van der Waals surface area contributed by atoms with Crippen LogP contribution in [0.2, 0.25) is 5.02 Å². The van der Waals surface area contributed by atoms with Crippen molar-refractivity contribution in [2.45, 2.75) is 18.3 Å². The lowest BCUT2D eigenvalue weighted by molar-refractivity contribution is -0.141. The monoisotopic (exact) mass is 420 g/mol. The number of benzene rings is 1. The number of ether oxygens (including phenoxy) is 1. The molecule has 7 nitrogen and oxygen atoms in total. The summed E-state index contributed by atoms with van der Waals surface area (Å²) in [4.78, 5) is 23.5. The molecule has 0 unspecified atom stereocenters. The number of hydrogen-bond acceptors (Lipinski definition) is 4. The maximum Gasteiger partial charge on any atom is 0.435 e. The van der Waals surface area contributed by atoms with Crippen LogP contribution in [0.1, 0.15) is 23.0 Å². The number of rotatable bonds is 4.